The smallest absolute Gasteiger partial charge is 0.0209 e. The molecule has 66 valence electrons. The van der Waals surface area contributed by atoms with E-state index in [1.807, 2.05) is 0 Å². The van der Waals surface area contributed by atoms with Crippen LogP contribution in [0.4, 0.5) is 0 Å². The van der Waals surface area contributed by atoms with Crippen LogP contribution in [-0.2, 0) is 0 Å². The van der Waals surface area contributed by atoms with Crippen LogP contribution in [0.3, 0.4) is 0 Å². The highest BCUT2D eigenvalue weighted by atomic mass is 15.0. The van der Waals surface area contributed by atoms with Gasteiger partial charge in [0.25, 0.3) is 0 Å². The summed E-state index contributed by atoms with van der Waals surface area (Å²) in [4.78, 5) is 0. The van der Waals surface area contributed by atoms with Crippen LogP contribution in [0, 0.1) is 11.8 Å². The molecule has 1 rings (SSSR count). The molecule has 0 heterocycles. The maximum absolute atomic E-state index is 3.50. The Hall–Kier alpha value is -0.0400. The first kappa shape index (κ1) is 9.05. The van der Waals surface area contributed by atoms with Crippen molar-refractivity contribution in [3.63, 3.8) is 0 Å². The van der Waals surface area contributed by atoms with Crippen LogP contribution in [0.5, 0.6) is 0 Å². The molecule has 1 aliphatic carbocycles. The van der Waals surface area contributed by atoms with E-state index in [-0.39, 0.29) is 0 Å². The molecule has 1 heteroatoms. The number of hydrogen-bond acceptors (Lipinski definition) is 1. The molecule has 1 unspecified atom stereocenters. The van der Waals surface area contributed by atoms with E-state index in [1.165, 1.54) is 19.3 Å². The first-order chi connectivity index (χ1) is 5.14. The molecular formula is C10H21N. The van der Waals surface area contributed by atoms with E-state index in [0.29, 0.717) is 5.54 Å². The molecule has 1 nitrogen and oxygen atoms in total. The minimum absolute atomic E-state index is 0.494. The molecule has 0 amide bonds. The normalized spacial score (nSPS) is 39.8. The molecule has 0 spiro atoms. The SMILES string of the molecule is CCC(C)C1(NC)CC(C)C1. The molecule has 0 aromatic rings. The highest BCUT2D eigenvalue weighted by Crippen LogP contribution is 2.43. The summed E-state index contributed by atoms with van der Waals surface area (Å²) >= 11 is 0. The van der Waals surface area contributed by atoms with Crippen molar-refractivity contribution in [2.24, 2.45) is 11.8 Å². The molecule has 1 atom stereocenters. The Morgan fingerprint density at radius 1 is 1.55 bits per heavy atom. The Morgan fingerprint density at radius 3 is 2.36 bits per heavy atom. The van der Waals surface area contributed by atoms with Crippen LogP contribution in [0.2, 0.25) is 0 Å². The fourth-order valence-corrected chi connectivity index (χ4v) is 2.43. The number of hydrogen-bond donors (Lipinski definition) is 1. The molecular weight excluding hydrogens is 134 g/mol. The van der Waals surface area contributed by atoms with Gasteiger partial charge in [0, 0.05) is 5.54 Å². The Labute approximate surface area is 70.6 Å². The summed E-state index contributed by atoms with van der Waals surface area (Å²) < 4.78 is 0. The summed E-state index contributed by atoms with van der Waals surface area (Å²) in [6, 6.07) is 0. The van der Waals surface area contributed by atoms with Gasteiger partial charge in [-0.15, -0.1) is 0 Å². The highest BCUT2D eigenvalue weighted by Gasteiger charge is 2.43. The fourth-order valence-electron chi connectivity index (χ4n) is 2.43. The molecule has 1 saturated carbocycles. The minimum atomic E-state index is 0.494. The average molecular weight is 155 g/mol. The van der Waals surface area contributed by atoms with Crippen LogP contribution < -0.4 is 5.32 Å². The molecule has 1 aliphatic rings. The zero-order valence-electron chi connectivity index (χ0n) is 8.28. The Bertz CT molecular complexity index is 125. The second-order valence-corrected chi connectivity index (χ2v) is 4.23. The fraction of sp³-hybridized carbons (Fsp3) is 1.00. The molecule has 0 saturated heterocycles. The number of nitrogens with one attached hydrogen (secondary N) is 1. The largest absolute Gasteiger partial charge is 0.314 e. The van der Waals surface area contributed by atoms with E-state index >= 15 is 0 Å². The van der Waals surface area contributed by atoms with Crippen molar-refractivity contribution in [2.75, 3.05) is 7.05 Å². The van der Waals surface area contributed by atoms with Crippen molar-refractivity contribution in [3.8, 4) is 0 Å². The molecule has 0 aliphatic heterocycles. The zero-order chi connectivity index (χ0) is 8.48. The second-order valence-electron chi connectivity index (χ2n) is 4.23. The third-order valence-corrected chi connectivity index (χ3v) is 3.48. The van der Waals surface area contributed by atoms with E-state index in [9.17, 15) is 0 Å². The summed E-state index contributed by atoms with van der Waals surface area (Å²) in [7, 11) is 2.11. The van der Waals surface area contributed by atoms with Crippen molar-refractivity contribution in [2.45, 2.75) is 45.6 Å². The summed E-state index contributed by atoms with van der Waals surface area (Å²) in [5, 5.41) is 3.50. The molecule has 0 aromatic carbocycles. The van der Waals surface area contributed by atoms with Crippen LogP contribution in [0.25, 0.3) is 0 Å². The first-order valence-electron chi connectivity index (χ1n) is 4.83. The lowest BCUT2D eigenvalue weighted by molar-refractivity contribution is 0.0652. The quantitative estimate of drug-likeness (QED) is 0.660. The van der Waals surface area contributed by atoms with Crippen molar-refractivity contribution in [1.29, 1.82) is 0 Å². The summed E-state index contributed by atoms with van der Waals surface area (Å²) in [6.07, 6.45) is 4.05. The van der Waals surface area contributed by atoms with Crippen LogP contribution in [0.15, 0.2) is 0 Å². The lowest BCUT2D eigenvalue weighted by Gasteiger charge is -2.50. The third-order valence-electron chi connectivity index (χ3n) is 3.48. The standard InChI is InChI=1S/C10H21N/c1-5-9(3)10(11-4)6-8(2)7-10/h8-9,11H,5-7H2,1-4H3. The van der Waals surface area contributed by atoms with Crippen LogP contribution in [0.1, 0.15) is 40.0 Å². The lowest BCUT2D eigenvalue weighted by atomic mass is 9.62. The van der Waals surface area contributed by atoms with E-state index in [2.05, 4.69) is 33.1 Å². The molecule has 1 N–H and O–H groups in total. The molecule has 0 radical (unpaired) electrons. The third kappa shape index (κ3) is 1.44. The van der Waals surface area contributed by atoms with Gasteiger partial charge in [0.2, 0.25) is 0 Å². The second kappa shape index (κ2) is 3.14. The Balaban J connectivity index is 2.49. The first-order valence-corrected chi connectivity index (χ1v) is 4.83. The van der Waals surface area contributed by atoms with Gasteiger partial charge in [-0.2, -0.15) is 0 Å². The minimum Gasteiger partial charge on any atom is -0.314 e. The summed E-state index contributed by atoms with van der Waals surface area (Å²) in [5.41, 5.74) is 0.494. The van der Waals surface area contributed by atoms with Gasteiger partial charge in [-0.05, 0) is 31.7 Å². The predicted octanol–water partition coefficient (Wildman–Crippen LogP) is 2.42. The van der Waals surface area contributed by atoms with Gasteiger partial charge < -0.3 is 5.32 Å². The molecule has 1 fully saturated rings. The van der Waals surface area contributed by atoms with E-state index in [4.69, 9.17) is 0 Å². The van der Waals surface area contributed by atoms with Gasteiger partial charge in [0.15, 0.2) is 0 Å². The zero-order valence-corrected chi connectivity index (χ0v) is 8.28. The van der Waals surface area contributed by atoms with Crippen LogP contribution >= 0.6 is 0 Å². The Kier molecular flexibility index (Phi) is 2.58. The van der Waals surface area contributed by atoms with Gasteiger partial charge in [-0.1, -0.05) is 27.2 Å². The van der Waals surface area contributed by atoms with Gasteiger partial charge in [-0.3, -0.25) is 0 Å². The number of rotatable bonds is 3. The van der Waals surface area contributed by atoms with E-state index in [0.717, 1.165) is 11.8 Å². The van der Waals surface area contributed by atoms with Crippen molar-refractivity contribution in [1.82, 2.24) is 5.32 Å². The molecule has 0 bridgehead atoms. The Morgan fingerprint density at radius 2 is 2.09 bits per heavy atom. The highest BCUT2D eigenvalue weighted by molar-refractivity contribution is 5.01. The lowest BCUT2D eigenvalue weighted by Crippen LogP contribution is -2.57. The van der Waals surface area contributed by atoms with E-state index < -0.39 is 0 Å². The molecule has 11 heavy (non-hydrogen) atoms. The van der Waals surface area contributed by atoms with Crippen molar-refractivity contribution in [3.05, 3.63) is 0 Å². The van der Waals surface area contributed by atoms with Crippen molar-refractivity contribution >= 4 is 0 Å². The van der Waals surface area contributed by atoms with E-state index in [1.54, 1.807) is 0 Å². The summed E-state index contributed by atoms with van der Waals surface area (Å²) in [6.45, 7) is 6.99. The van der Waals surface area contributed by atoms with Gasteiger partial charge in [0.05, 0.1) is 0 Å². The van der Waals surface area contributed by atoms with Crippen LogP contribution in [-0.4, -0.2) is 12.6 Å². The van der Waals surface area contributed by atoms with Gasteiger partial charge in [-0.25, -0.2) is 0 Å². The topological polar surface area (TPSA) is 12.0 Å². The predicted molar refractivity (Wildman–Crippen MR) is 49.6 cm³/mol. The average Bonchev–Trinajstić information content (AvgIpc) is 1.96. The maximum atomic E-state index is 3.50. The van der Waals surface area contributed by atoms with Gasteiger partial charge in [0.1, 0.15) is 0 Å². The monoisotopic (exact) mass is 155 g/mol. The molecule has 0 aromatic heterocycles. The van der Waals surface area contributed by atoms with Crippen molar-refractivity contribution < 1.29 is 0 Å². The van der Waals surface area contributed by atoms with Gasteiger partial charge >= 0.3 is 0 Å². The maximum Gasteiger partial charge on any atom is 0.0209 e. The summed E-state index contributed by atoms with van der Waals surface area (Å²) in [5.74, 6) is 1.78.